The quantitative estimate of drug-likeness (QED) is 0.579. The summed E-state index contributed by atoms with van der Waals surface area (Å²) in [5, 5.41) is 0. The molecular formula is C11H14O3S. The van der Waals surface area contributed by atoms with Crippen molar-refractivity contribution in [2.24, 2.45) is 17.8 Å². The van der Waals surface area contributed by atoms with E-state index in [1.165, 1.54) is 6.08 Å². The molecule has 1 rings (SSSR count). The van der Waals surface area contributed by atoms with Crippen molar-refractivity contribution in [2.45, 2.75) is 13.8 Å². The number of hydrogen-bond donors (Lipinski definition) is 1. The minimum atomic E-state index is -1.09. The number of rotatable bonds is 3. The van der Waals surface area contributed by atoms with Gasteiger partial charge in [-0.2, -0.15) is 12.6 Å². The fraction of sp³-hybridized carbons (Fsp3) is 0.545. The third-order valence-electron chi connectivity index (χ3n) is 2.61. The molecule has 0 saturated carbocycles. The molecule has 3 atom stereocenters. The molecular weight excluding hydrogens is 212 g/mol. The first-order valence-electron chi connectivity index (χ1n) is 4.89. The molecule has 1 aliphatic carbocycles. The van der Waals surface area contributed by atoms with E-state index in [9.17, 15) is 14.4 Å². The average molecular weight is 226 g/mol. The highest BCUT2D eigenvalue weighted by Gasteiger charge is 2.38. The molecule has 15 heavy (non-hydrogen) atoms. The third kappa shape index (κ3) is 2.37. The van der Waals surface area contributed by atoms with Gasteiger partial charge in [-0.3, -0.25) is 14.4 Å². The van der Waals surface area contributed by atoms with Gasteiger partial charge in [0.2, 0.25) is 0 Å². The van der Waals surface area contributed by atoms with Crippen LogP contribution in [0, 0.1) is 17.8 Å². The first-order chi connectivity index (χ1) is 6.99. The Morgan fingerprint density at radius 1 is 1.53 bits per heavy atom. The Balaban J connectivity index is 2.94. The van der Waals surface area contributed by atoms with Crippen molar-refractivity contribution in [3.63, 3.8) is 0 Å². The predicted octanol–water partition coefficient (Wildman–Crippen LogP) is 1.08. The second-order valence-electron chi connectivity index (χ2n) is 3.87. The Hall–Kier alpha value is -0.900. The van der Waals surface area contributed by atoms with Crippen molar-refractivity contribution in [1.29, 1.82) is 0 Å². The zero-order valence-electron chi connectivity index (χ0n) is 8.77. The fourth-order valence-electron chi connectivity index (χ4n) is 1.49. The standard InChI is InChI=1S/C11H14O3S/c1-6-3-4-8(12)9(10(6)13)11(14)7(2)5-15/h3-4,6-7,9,15H,5H2,1-2H3. The number of ketones is 3. The van der Waals surface area contributed by atoms with Crippen LogP contribution in [0.15, 0.2) is 12.2 Å². The van der Waals surface area contributed by atoms with Crippen molar-refractivity contribution < 1.29 is 14.4 Å². The maximum Gasteiger partial charge on any atom is 0.173 e. The first-order valence-corrected chi connectivity index (χ1v) is 5.52. The van der Waals surface area contributed by atoms with Gasteiger partial charge in [-0.05, 0) is 11.8 Å². The van der Waals surface area contributed by atoms with Gasteiger partial charge in [-0.15, -0.1) is 0 Å². The van der Waals surface area contributed by atoms with Crippen molar-refractivity contribution in [1.82, 2.24) is 0 Å². The molecule has 0 N–H and O–H groups in total. The van der Waals surface area contributed by atoms with E-state index in [1.54, 1.807) is 19.9 Å². The number of allylic oxidation sites excluding steroid dienone is 2. The SMILES string of the molecule is CC1C=CC(=O)C(C(=O)C(C)CS)C1=O. The van der Waals surface area contributed by atoms with Crippen molar-refractivity contribution in [2.75, 3.05) is 5.75 Å². The van der Waals surface area contributed by atoms with Crippen LogP contribution in [0.4, 0.5) is 0 Å². The van der Waals surface area contributed by atoms with Gasteiger partial charge in [0.15, 0.2) is 17.3 Å². The molecule has 0 saturated heterocycles. The van der Waals surface area contributed by atoms with Crippen LogP contribution < -0.4 is 0 Å². The Kier molecular flexibility index (Phi) is 3.85. The number of hydrogen-bond acceptors (Lipinski definition) is 4. The van der Waals surface area contributed by atoms with Crippen molar-refractivity contribution in [3.8, 4) is 0 Å². The zero-order chi connectivity index (χ0) is 11.6. The van der Waals surface area contributed by atoms with E-state index in [0.29, 0.717) is 5.75 Å². The van der Waals surface area contributed by atoms with Crippen LogP contribution in [-0.2, 0) is 14.4 Å². The van der Waals surface area contributed by atoms with E-state index in [0.717, 1.165) is 0 Å². The topological polar surface area (TPSA) is 51.2 Å². The lowest BCUT2D eigenvalue weighted by Gasteiger charge is -2.20. The van der Waals surface area contributed by atoms with Gasteiger partial charge in [-0.25, -0.2) is 0 Å². The van der Waals surface area contributed by atoms with E-state index >= 15 is 0 Å². The smallest absolute Gasteiger partial charge is 0.173 e. The summed E-state index contributed by atoms with van der Waals surface area (Å²) >= 11 is 3.99. The molecule has 0 spiro atoms. The highest BCUT2D eigenvalue weighted by molar-refractivity contribution is 7.80. The molecule has 1 aliphatic rings. The molecule has 82 valence electrons. The van der Waals surface area contributed by atoms with E-state index in [-0.39, 0.29) is 23.4 Å². The highest BCUT2D eigenvalue weighted by atomic mass is 32.1. The summed E-state index contributed by atoms with van der Waals surface area (Å²) in [6.45, 7) is 3.37. The molecule has 3 unspecified atom stereocenters. The maximum atomic E-state index is 11.8. The van der Waals surface area contributed by atoms with E-state index in [2.05, 4.69) is 12.6 Å². The summed E-state index contributed by atoms with van der Waals surface area (Å²) < 4.78 is 0. The third-order valence-corrected chi connectivity index (χ3v) is 3.16. The highest BCUT2D eigenvalue weighted by Crippen LogP contribution is 2.21. The van der Waals surface area contributed by atoms with Crippen LogP contribution in [0.3, 0.4) is 0 Å². The van der Waals surface area contributed by atoms with Gasteiger partial charge in [-0.1, -0.05) is 19.9 Å². The fourth-order valence-corrected chi connectivity index (χ4v) is 1.67. The molecule has 0 heterocycles. The Labute approximate surface area is 94.3 Å². The van der Waals surface area contributed by atoms with E-state index in [1.807, 2.05) is 0 Å². The van der Waals surface area contributed by atoms with Gasteiger partial charge in [0.1, 0.15) is 5.92 Å². The molecule has 0 amide bonds. The summed E-state index contributed by atoms with van der Waals surface area (Å²) in [4.78, 5) is 34.9. The second kappa shape index (κ2) is 4.75. The first kappa shape index (κ1) is 12.2. The number of carbonyl (C=O) groups is 3. The van der Waals surface area contributed by atoms with Crippen LogP contribution in [0.25, 0.3) is 0 Å². The molecule has 0 aromatic carbocycles. The summed E-state index contributed by atoms with van der Waals surface area (Å²) in [6.07, 6.45) is 2.87. The maximum absolute atomic E-state index is 11.8. The molecule has 0 aliphatic heterocycles. The molecule has 0 aromatic rings. The van der Waals surface area contributed by atoms with Crippen LogP contribution in [0.2, 0.25) is 0 Å². The van der Waals surface area contributed by atoms with Gasteiger partial charge in [0.25, 0.3) is 0 Å². The Morgan fingerprint density at radius 3 is 2.67 bits per heavy atom. The molecule has 0 radical (unpaired) electrons. The summed E-state index contributed by atoms with van der Waals surface area (Å²) in [5.74, 6) is -2.43. The van der Waals surface area contributed by atoms with Crippen molar-refractivity contribution >= 4 is 30.0 Å². The van der Waals surface area contributed by atoms with E-state index < -0.39 is 11.7 Å². The number of thiol groups is 1. The summed E-state index contributed by atoms with van der Waals surface area (Å²) in [6, 6.07) is 0. The Bertz CT molecular complexity index is 333. The molecule has 0 bridgehead atoms. The minimum Gasteiger partial charge on any atom is -0.298 e. The predicted molar refractivity (Wildman–Crippen MR) is 59.8 cm³/mol. The largest absolute Gasteiger partial charge is 0.298 e. The Morgan fingerprint density at radius 2 is 2.13 bits per heavy atom. The molecule has 0 aromatic heterocycles. The number of Topliss-reactive ketones (excluding diaryl/α,β-unsaturated/α-hetero) is 2. The van der Waals surface area contributed by atoms with Gasteiger partial charge >= 0.3 is 0 Å². The lowest BCUT2D eigenvalue weighted by molar-refractivity contribution is -0.141. The van der Waals surface area contributed by atoms with Gasteiger partial charge in [0.05, 0.1) is 0 Å². The number of carbonyl (C=O) groups excluding carboxylic acids is 3. The second-order valence-corrected chi connectivity index (χ2v) is 4.24. The lowest BCUT2D eigenvalue weighted by Crippen LogP contribution is -2.39. The van der Waals surface area contributed by atoms with Crippen LogP contribution in [-0.4, -0.2) is 23.1 Å². The van der Waals surface area contributed by atoms with Crippen LogP contribution >= 0.6 is 12.6 Å². The monoisotopic (exact) mass is 226 g/mol. The zero-order valence-corrected chi connectivity index (χ0v) is 9.66. The molecule has 3 nitrogen and oxygen atoms in total. The summed E-state index contributed by atoms with van der Waals surface area (Å²) in [7, 11) is 0. The summed E-state index contributed by atoms with van der Waals surface area (Å²) in [5.41, 5.74) is 0. The normalized spacial score (nSPS) is 27.9. The average Bonchev–Trinajstić information content (AvgIpc) is 2.22. The van der Waals surface area contributed by atoms with Gasteiger partial charge < -0.3 is 0 Å². The van der Waals surface area contributed by atoms with Crippen LogP contribution in [0.1, 0.15) is 13.8 Å². The van der Waals surface area contributed by atoms with E-state index in [4.69, 9.17) is 0 Å². The lowest BCUT2D eigenvalue weighted by atomic mass is 9.79. The minimum absolute atomic E-state index is 0.291. The molecule has 0 fully saturated rings. The molecule has 4 heteroatoms. The van der Waals surface area contributed by atoms with Gasteiger partial charge in [0, 0.05) is 11.8 Å². The van der Waals surface area contributed by atoms with Crippen LogP contribution in [0.5, 0.6) is 0 Å². The van der Waals surface area contributed by atoms with Crippen molar-refractivity contribution in [3.05, 3.63) is 12.2 Å².